The molecule has 2 aromatic rings. The fraction of sp³-hybridized carbons (Fsp3) is 0.579. The second-order valence-electron chi connectivity index (χ2n) is 7.27. The average molecular weight is 314 g/mol. The fourth-order valence-electron chi connectivity index (χ4n) is 4.49. The van der Waals surface area contributed by atoms with Crippen LogP contribution in [-0.4, -0.2) is 36.0 Å². The third-order valence-electron chi connectivity index (χ3n) is 5.95. The molecule has 4 rings (SSSR count). The molecule has 4 heteroatoms. The van der Waals surface area contributed by atoms with Gasteiger partial charge in [0.1, 0.15) is 11.5 Å². The molecule has 0 amide bonds. The van der Waals surface area contributed by atoms with Crippen molar-refractivity contribution >= 4 is 0 Å². The number of hydrogen-bond acceptors (Lipinski definition) is 4. The van der Waals surface area contributed by atoms with Crippen LogP contribution >= 0.6 is 0 Å². The summed E-state index contributed by atoms with van der Waals surface area (Å²) in [6, 6.07) is 8.82. The van der Waals surface area contributed by atoms with E-state index in [1.54, 1.807) is 12.5 Å². The number of furan rings is 2. The van der Waals surface area contributed by atoms with Crippen molar-refractivity contribution in [2.75, 3.05) is 20.1 Å². The van der Waals surface area contributed by atoms with Gasteiger partial charge in [-0.25, -0.2) is 0 Å². The van der Waals surface area contributed by atoms with Crippen LogP contribution in [0.5, 0.6) is 0 Å². The third-order valence-corrected chi connectivity index (χ3v) is 5.95. The lowest BCUT2D eigenvalue weighted by molar-refractivity contribution is -0.0655. The summed E-state index contributed by atoms with van der Waals surface area (Å²) in [6.07, 6.45) is 8.87. The molecule has 1 saturated carbocycles. The SMILES string of the molecule is CN(Cc1ccco1)[C@@H]1CCC12CCN(Cc1ccco1)CC2. The quantitative estimate of drug-likeness (QED) is 0.841. The van der Waals surface area contributed by atoms with Crippen molar-refractivity contribution < 1.29 is 8.83 Å². The van der Waals surface area contributed by atoms with Gasteiger partial charge in [-0.3, -0.25) is 9.80 Å². The minimum Gasteiger partial charge on any atom is -0.468 e. The topological polar surface area (TPSA) is 32.8 Å². The summed E-state index contributed by atoms with van der Waals surface area (Å²) in [5, 5.41) is 0. The molecule has 1 aliphatic heterocycles. The van der Waals surface area contributed by atoms with Gasteiger partial charge in [0.05, 0.1) is 25.6 Å². The Morgan fingerprint density at radius 1 is 1.09 bits per heavy atom. The van der Waals surface area contributed by atoms with E-state index >= 15 is 0 Å². The van der Waals surface area contributed by atoms with Gasteiger partial charge in [-0.2, -0.15) is 0 Å². The van der Waals surface area contributed by atoms with Gasteiger partial charge in [0.2, 0.25) is 0 Å². The van der Waals surface area contributed by atoms with Gasteiger partial charge in [-0.05, 0) is 75.5 Å². The van der Waals surface area contributed by atoms with Crippen LogP contribution in [0.3, 0.4) is 0 Å². The van der Waals surface area contributed by atoms with Crippen molar-refractivity contribution in [1.82, 2.24) is 9.80 Å². The van der Waals surface area contributed by atoms with Crippen LogP contribution in [0, 0.1) is 5.41 Å². The molecule has 2 aromatic heterocycles. The number of rotatable bonds is 5. The molecular weight excluding hydrogens is 288 g/mol. The van der Waals surface area contributed by atoms with Crippen LogP contribution in [0.25, 0.3) is 0 Å². The lowest BCUT2D eigenvalue weighted by Gasteiger charge is -2.56. The summed E-state index contributed by atoms with van der Waals surface area (Å²) in [6.45, 7) is 4.25. The van der Waals surface area contributed by atoms with E-state index in [1.807, 2.05) is 12.1 Å². The molecule has 0 N–H and O–H groups in total. The summed E-state index contributed by atoms with van der Waals surface area (Å²) in [7, 11) is 2.25. The molecule has 1 aliphatic carbocycles. The molecule has 2 fully saturated rings. The zero-order valence-corrected chi connectivity index (χ0v) is 13.9. The van der Waals surface area contributed by atoms with E-state index in [-0.39, 0.29) is 0 Å². The monoisotopic (exact) mass is 314 g/mol. The summed E-state index contributed by atoms with van der Waals surface area (Å²) in [5.74, 6) is 2.16. The van der Waals surface area contributed by atoms with Crippen molar-refractivity contribution in [3.63, 3.8) is 0 Å². The number of piperidine rings is 1. The molecule has 1 spiro atoms. The molecule has 3 heterocycles. The van der Waals surface area contributed by atoms with E-state index in [1.165, 1.54) is 38.8 Å². The van der Waals surface area contributed by atoms with Crippen LogP contribution in [0.4, 0.5) is 0 Å². The molecule has 2 aliphatic rings. The van der Waals surface area contributed by atoms with E-state index in [0.717, 1.165) is 24.6 Å². The Kier molecular flexibility index (Phi) is 4.04. The first kappa shape index (κ1) is 15.0. The van der Waals surface area contributed by atoms with Crippen molar-refractivity contribution in [3.8, 4) is 0 Å². The Morgan fingerprint density at radius 3 is 2.35 bits per heavy atom. The minimum atomic E-state index is 0.529. The maximum absolute atomic E-state index is 5.51. The Balaban J connectivity index is 1.33. The molecule has 0 unspecified atom stereocenters. The van der Waals surface area contributed by atoms with Crippen molar-refractivity contribution in [2.24, 2.45) is 5.41 Å². The van der Waals surface area contributed by atoms with Crippen LogP contribution in [0.1, 0.15) is 37.2 Å². The van der Waals surface area contributed by atoms with Crippen molar-refractivity contribution in [2.45, 2.75) is 44.8 Å². The molecule has 0 aromatic carbocycles. The lowest BCUT2D eigenvalue weighted by Crippen LogP contribution is -2.57. The van der Waals surface area contributed by atoms with Gasteiger partial charge in [0.15, 0.2) is 0 Å². The number of likely N-dealkylation sites (tertiary alicyclic amines) is 1. The predicted molar refractivity (Wildman–Crippen MR) is 88.8 cm³/mol. The summed E-state index contributed by atoms with van der Waals surface area (Å²) < 4.78 is 11.0. The van der Waals surface area contributed by atoms with Crippen molar-refractivity contribution in [1.29, 1.82) is 0 Å². The molecule has 4 nitrogen and oxygen atoms in total. The fourth-order valence-corrected chi connectivity index (χ4v) is 4.49. The van der Waals surface area contributed by atoms with Gasteiger partial charge in [-0.15, -0.1) is 0 Å². The molecule has 23 heavy (non-hydrogen) atoms. The zero-order chi connectivity index (χ0) is 15.7. The van der Waals surface area contributed by atoms with Crippen molar-refractivity contribution in [3.05, 3.63) is 48.3 Å². The normalized spacial score (nSPS) is 24.2. The minimum absolute atomic E-state index is 0.529. The molecule has 1 atom stereocenters. The van der Waals surface area contributed by atoms with Crippen LogP contribution in [0.2, 0.25) is 0 Å². The first-order valence-corrected chi connectivity index (χ1v) is 8.73. The standard InChI is InChI=1S/C19H26N2O2/c1-20(14-16-4-2-12-22-16)18-6-7-19(18)8-10-21(11-9-19)15-17-5-3-13-23-17/h2-5,12-13,18H,6-11,14-15H2,1H3/t18-/m1/s1. The second-order valence-corrected chi connectivity index (χ2v) is 7.27. The van der Waals surface area contributed by atoms with Gasteiger partial charge >= 0.3 is 0 Å². The molecule has 1 saturated heterocycles. The second kappa shape index (κ2) is 6.17. The Morgan fingerprint density at radius 2 is 1.78 bits per heavy atom. The predicted octanol–water partition coefficient (Wildman–Crippen LogP) is 3.75. The van der Waals surface area contributed by atoms with Gasteiger partial charge in [0.25, 0.3) is 0 Å². The highest BCUT2D eigenvalue weighted by Crippen LogP contribution is 2.51. The maximum atomic E-state index is 5.51. The van der Waals surface area contributed by atoms with E-state index in [9.17, 15) is 0 Å². The van der Waals surface area contributed by atoms with Gasteiger partial charge in [-0.1, -0.05) is 0 Å². The van der Waals surface area contributed by atoms with Crippen LogP contribution < -0.4 is 0 Å². The highest BCUT2D eigenvalue weighted by Gasteiger charge is 2.49. The van der Waals surface area contributed by atoms with Crippen LogP contribution in [0.15, 0.2) is 45.6 Å². The molecular formula is C19H26N2O2. The third kappa shape index (κ3) is 2.98. The zero-order valence-electron chi connectivity index (χ0n) is 13.9. The van der Waals surface area contributed by atoms with Gasteiger partial charge in [0, 0.05) is 6.04 Å². The molecule has 0 bridgehead atoms. The van der Waals surface area contributed by atoms with E-state index < -0.39 is 0 Å². The summed E-state index contributed by atoms with van der Waals surface area (Å²) in [5.41, 5.74) is 0.529. The molecule has 0 radical (unpaired) electrons. The Labute approximate surface area is 138 Å². The average Bonchev–Trinajstić information content (AvgIpc) is 3.21. The largest absolute Gasteiger partial charge is 0.468 e. The first-order chi connectivity index (χ1) is 11.3. The van der Waals surface area contributed by atoms with E-state index in [0.29, 0.717) is 11.5 Å². The lowest BCUT2D eigenvalue weighted by atomic mass is 9.59. The molecule has 124 valence electrons. The van der Waals surface area contributed by atoms with E-state index in [4.69, 9.17) is 8.83 Å². The van der Waals surface area contributed by atoms with Crippen LogP contribution in [-0.2, 0) is 13.1 Å². The smallest absolute Gasteiger partial charge is 0.117 e. The Bertz CT molecular complexity index is 597. The first-order valence-electron chi connectivity index (χ1n) is 8.73. The Hall–Kier alpha value is -1.52. The van der Waals surface area contributed by atoms with Gasteiger partial charge < -0.3 is 8.83 Å². The number of nitrogens with zero attached hydrogens (tertiary/aromatic N) is 2. The maximum Gasteiger partial charge on any atom is 0.117 e. The highest BCUT2D eigenvalue weighted by molar-refractivity contribution is 5.06. The highest BCUT2D eigenvalue weighted by atomic mass is 16.3. The summed E-state index contributed by atoms with van der Waals surface area (Å²) in [4.78, 5) is 5.04. The summed E-state index contributed by atoms with van der Waals surface area (Å²) >= 11 is 0. The number of hydrogen-bond donors (Lipinski definition) is 0. The van der Waals surface area contributed by atoms with E-state index in [2.05, 4.69) is 29.0 Å².